The highest BCUT2D eigenvalue weighted by atomic mass is 19.3. The SMILES string of the molecule is C1CCOC1.N#Cc1cc(-c2ncnc(Nc3ccc(N4CCN(C5COC5)CC4)cc3)n2)ccc1OF. The number of nitriles is 1. The lowest BCUT2D eigenvalue weighted by molar-refractivity contribution is -0.0660. The first kappa shape index (κ1) is 25.8. The van der Waals surface area contributed by atoms with Crippen molar-refractivity contribution in [3.05, 3.63) is 54.4 Å². The zero-order valence-corrected chi connectivity index (χ0v) is 21.1. The highest BCUT2D eigenvalue weighted by Gasteiger charge is 2.28. The Hall–Kier alpha value is -3.85. The van der Waals surface area contributed by atoms with E-state index < -0.39 is 0 Å². The van der Waals surface area contributed by atoms with Gasteiger partial charge in [-0.2, -0.15) is 10.2 Å². The predicted molar refractivity (Wildman–Crippen MR) is 140 cm³/mol. The van der Waals surface area contributed by atoms with Crippen molar-refractivity contribution in [2.24, 2.45) is 0 Å². The summed E-state index contributed by atoms with van der Waals surface area (Å²) < 4.78 is 22.8. The third-order valence-electron chi connectivity index (χ3n) is 6.78. The fourth-order valence-electron chi connectivity index (χ4n) is 4.49. The van der Waals surface area contributed by atoms with E-state index in [9.17, 15) is 4.53 Å². The Morgan fingerprint density at radius 3 is 2.34 bits per heavy atom. The number of piperazine rings is 1. The molecule has 3 aliphatic heterocycles. The van der Waals surface area contributed by atoms with Gasteiger partial charge in [-0.1, -0.05) is 0 Å². The monoisotopic (exact) mass is 519 g/mol. The zero-order chi connectivity index (χ0) is 26.2. The van der Waals surface area contributed by atoms with E-state index >= 15 is 0 Å². The highest BCUT2D eigenvalue weighted by Crippen LogP contribution is 2.26. The van der Waals surface area contributed by atoms with Crippen LogP contribution in [0.4, 0.5) is 21.8 Å². The van der Waals surface area contributed by atoms with Gasteiger partial charge in [-0.3, -0.25) is 9.84 Å². The predicted octanol–water partition coefficient (Wildman–Crippen LogP) is 3.73. The Balaban J connectivity index is 0.000000529. The topological polar surface area (TPSA) is 109 Å². The lowest BCUT2D eigenvalue weighted by Crippen LogP contribution is -2.56. The number of rotatable bonds is 6. The zero-order valence-electron chi connectivity index (χ0n) is 21.1. The van der Waals surface area contributed by atoms with Gasteiger partial charge in [0, 0.05) is 60.9 Å². The molecule has 4 heterocycles. The van der Waals surface area contributed by atoms with Crippen molar-refractivity contribution in [1.29, 1.82) is 5.26 Å². The minimum absolute atomic E-state index is 0.0577. The molecule has 198 valence electrons. The molecule has 0 unspecified atom stereocenters. The van der Waals surface area contributed by atoms with Crippen molar-refractivity contribution >= 4 is 17.3 Å². The Labute approximate surface area is 220 Å². The van der Waals surface area contributed by atoms with Crippen molar-refractivity contribution < 1.29 is 18.9 Å². The summed E-state index contributed by atoms with van der Waals surface area (Å²) in [6.07, 6.45) is 3.94. The van der Waals surface area contributed by atoms with E-state index in [2.05, 4.69) is 47.1 Å². The minimum atomic E-state index is -0.146. The summed E-state index contributed by atoms with van der Waals surface area (Å²) in [5, 5.41) is 12.3. The second kappa shape index (κ2) is 12.6. The lowest BCUT2D eigenvalue weighted by Gasteiger charge is -2.43. The van der Waals surface area contributed by atoms with Gasteiger partial charge >= 0.3 is 0 Å². The van der Waals surface area contributed by atoms with Crippen LogP contribution in [0.25, 0.3) is 11.4 Å². The van der Waals surface area contributed by atoms with Crippen molar-refractivity contribution in [3.63, 3.8) is 0 Å². The molecule has 10 nitrogen and oxygen atoms in total. The Bertz CT molecular complexity index is 1230. The Kier molecular flexibility index (Phi) is 8.55. The van der Waals surface area contributed by atoms with E-state index in [1.807, 2.05) is 18.2 Å². The third-order valence-corrected chi connectivity index (χ3v) is 6.78. The smallest absolute Gasteiger partial charge is 0.230 e. The van der Waals surface area contributed by atoms with Gasteiger partial charge in [0.05, 0.1) is 24.8 Å². The van der Waals surface area contributed by atoms with Gasteiger partial charge in [-0.15, -0.1) is 0 Å². The first-order valence-electron chi connectivity index (χ1n) is 12.8. The molecule has 11 heteroatoms. The molecule has 38 heavy (non-hydrogen) atoms. The molecule has 1 N–H and O–H groups in total. The standard InChI is InChI=1S/C23H22FN7O2.C4H8O/c24-33-21-6-1-16(11-17(21)12-25)22-26-15-27-23(29-22)28-18-2-4-19(5-3-18)30-7-9-31(10-8-30)20-13-32-14-20;1-2-4-5-3-1/h1-6,11,15,20H,7-10,13-14H2,(H,26,27,28,29);1-4H2. The minimum Gasteiger partial charge on any atom is -0.381 e. The molecule has 3 aromatic rings. The molecule has 3 fully saturated rings. The summed E-state index contributed by atoms with van der Waals surface area (Å²) in [5.41, 5.74) is 2.64. The average Bonchev–Trinajstić information content (AvgIpc) is 3.53. The van der Waals surface area contributed by atoms with E-state index in [4.69, 9.17) is 14.7 Å². The number of nitrogens with one attached hydrogen (secondary N) is 1. The molecule has 6 rings (SSSR count). The number of halogens is 1. The van der Waals surface area contributed by atoms with Crippen LogP contribution in [0.3, 0.4) is 0 Å². The first-order valence-corrected chi connectivity index (χ1v) is 12.8. The summed E-state index contributed by atoms with van der Waals surface area (Å²) in [5.74, 6) is 0.585. The maximum atomic E-state index is 12.5. The van der Waals surface area contributed by atoms with Crippen LogP contribution < -0.4 is 15.2 Å². The number of ether oxygens (including phenoxy) is 2. The fourth-order valence-corrected chi connectivity index (χ4v) is 4.49. The molecular weight excluding hydrogens is 489 g/mol. The molecule has 0 radical (unpaired) electrons. The summed E-state index contributed by atoms with van der Waals surface area (Å²) in [4.78, 5) is 21.4. The van der Waals surface area contributed by atoms with Gasteiger partial charge in [-0.05, 0) is 55.3 Å². The molecule has 0 bridgehead atoms. The van der Waals surface area contributed by atoms with E-state index in [0.29, 0.717) is 23.4 Å². The summed E-state index contributed by atoms with van der Waals surface area (Å²) in [7, 11) is 0. The summed E-state index contributed by atoms with van der Waals surface area (Å²) in [6, 6.07) is 15.1. The van der Waals surface area contributed by atoms with Gasteiger partial charge in [0.2, 0.25) is 5.95 Å². The van der Waals surface area contributed by atoms with Crippen LogP contribution >= 0.6 is 0 Å². The number of nitrogens with zero attached hydrogens (tertiary/aromatic N) is 6. The van der Waals surface area contributed by atoms with E-state index in [0.717, 1.165) is 58.3 Å². The maximum absolute atomic E-state index is 12.5. The van der Waals surface area contributed by atoms with Crippen LogP contribution in [0.5, 0.6) is 5.75 Å². The highest BCUT2D eigenvalue weighted by molar-refractivity contribution is 5.64. The van der Waals surface area contributed by atoms with Crippen molar-refractivity contribution in [1.82, 2.24) is 19.9 Å². The molecule has 1 aromatic heterocycles. The lowest BCUT2D eigenvalue weighted by atomic mass is 10.1. The quantitative estimate of drug-likeness (QED) is 0.517. The van der Waals surface area contributed by atoms with Crippen molar-refractivity contribution in [2.75, 3.05) is 62.8 Å². The molecule has 2 aromatic carbocycles. The maximum Gasteiger partial charge on any atom is 0.230 e. The number of anilines is 3. The van der Waals surface area contributed by atoms with Gasteiger partial charge in [0.1, 0.15) is 12.4 Å². The van der Waals surface area contributed by atoms with Crippen molar-refractivity contribution in [2.45, 2.75) is 18.9 Å². The largest absolute Gasteiger partial charge is 0.381 e. The van der Waals surface area contributed by atoms with Crippen molar-refractivity contribution in [3.8, 4) is 23.2 Å². The van der Waals surface area contributed by atoms with Crippen LogP contribution in [0.15, 0.2) is 48.8 Å². The number of aromatic nitrogens is 3. The van der Waals surface area contributed by atoms with Crippen LogP contribution in [0.2, 0.25) is 0 Å². The van der Waals surface area contributed by atoms with Gasteiger partial charge in [0.15, 0.2) is 11.6 Å². The van der Waals surface area contributed by atoms with Gasteiger partial charge in [0.25, 0.3) is 0 Å². The molecular formula is C27H30FN7O3. The van der Waals surface area contributed by atoms with Crippen LogP contribution in [-0.2, 0) is 9.47 Å². The fraction of sp³-hybridized carbons (Fsp3) is 0.407. The van der Waals surface area contributed by atoms with Gasteiger partial charge in [-0.25, -0.2) is 9.97 Å². The normalized spacial score (nSPS) is 17.6. The molecule has 0 saturated carbocycles. The third kappa shape index (κ3) is 6.34. The molecule has 0 aliphatic carbocycles. The van der Waals surface area contributed by atoms with Gasteiger partial charge < -0.3 is 19.7 Å². The summed E-state index contributed by atoms with van der Waals surface area (Å²) in [6.45, 7) is 7.81. The van der Waals surface area contributed by atoms with E-state index in [-0.39, 0.29) is 11.3 Å². The summed E-state index contributed by atoms with van der Waals surface area (Å²) >= 11 is 0. The van der Waals surface area contributed by atoms with Crippen LogP contribution in [-0.4, -0.2) is 78.5 Å². The number of hydrogen-bond donors (Lipinski definition) is 1. The van der Waals surface area contributed by atoms with Crippen LogP contribution in [0.1, 0.15) is 18.4 Å². The molecule has 3 aliphatic rings. The number of benzene rings is 2. The molecule has 0 atom stereocenters. The average molecular weight is 520 g/mol. The van der Waals surface area contributed by atoms with Crippen LogP contribution in [0, 0.1) is 11.3 Å². The van der Waals surface area contributed by atoms with E-state index in [1.54, 1.807) is 6.07 Å². The van der Waals surface area contributed by atoms with E-state index in [1.165, 1.54) is 37.0 Å². The molecule has 3 saturated heterocycles. The second-order valence-corrected chi connectivity index (χ2v) is 9.24. The number of hydrogen-bond acceptors (Lipinski definition) is 10. The Morgan fingerprint density at radius 2 is 1.74 bits per heavy atom. The molecule has 0 spiro atoms. The first-order chi connectivity index (χ1) is 18.7. The second-order valence-electron chi connectivity index (χ2n) is 9.24. The Morgan fingerprint density at radius 1 is 0.974 bits per heavy atom. The molecule has 0 amide bonds.